The molecule has 0 saturated carbocycles. The maximum absolute atomic E-state index is 9.37. The quantitative estimate of drug-likeness (QED) is 0.525. The van der Waals surface area contributed by atoms with E-state index in [4.69, 9.17) is 4.74 Å². The molecule has 60 valence electrons. The third kappa shape index (κ3) is 1.80. The first-order valence-corrected chi connectivity index (χ1v) is 3.91. The van der Waals surface area contributed by atoms with Crippen LogP contribution in [0.2, 0.25) is 0 Å². The number of aromatic hydroxyl groups is 1. The van der Waals surface area contributed by atoms with E-state index in [1.165, 1.54) is 0 Å². The van der Waals surface area contributed by atoms with Gasteiger partial charge < -0.3 is 9.84 Å². The van der Waals surface area contributed by atoms with Crippen molar-refractivity contribution in [3.63, 3.8) is 0 Å². The second kappa shape index (κ2) is 3.53. The predicted molar refractivity (Wildman–Crippen MR) is 47.3 cm³/mol. The molecule has 0 heterocycles. The van der Waals surface area contributed by atoms with Crippen molar-refractivity contribution in [1.82, 2.24) is 0 Å². The predicted octanol–water partition coefficient (Wildman–Crippen LogP) is 1.97. The monoisotopic (exact) mass is 170 g/mol. The van der Waals surface area contributed by atoms with Gasteiger partial charge in [0.15, 0.2) is 11.5 Å². The van der Waals surface area contributed by atoms with E-state index in [0.29, 0.717) is 5.75 Å². The molecule has 0 aliphatic carbocycles. The molecule has 2 nitrogen and oxygen atoms in total. The largest absolute Gasteiger partial charge is 0.504 e. The zero-order valence-corrected chi connectivity index (χ0v) is 7.14. The molecule has 1 N–H and O–H groups in total. The minimum Gasteiger partial charge on any atom is -0.504 e. The van der Waals surface area contributed by atoms with Gasteiger partial charge in [0.25, 0.3) is 0 Å². The molecule has 1 rings (SSSR count). The minimum atomic E-state index is 0.196. The van der Waals surface area contributed by atoms with Gasteiger partial charge in [-0.05, 0) is 18.6 Å². The summed E-state index contributed by atoms with van der Waals surface area (Å²) in [5.41, 5.74) is 0.810. The SMILES string of the molecule is Cc1cccc(OCS)c1O. The molecule has 0 aliphatic rings. The summed E-state index contributed by atoms with van der Waals surface area (Å²) in [5.74, 6) is 0.957. The maximum atomic E-state index is 9.37. The van der Waals surface area contributed by atoms with Crippen molar-refractivity contribution >= 4 is 12.6 Å². The Hall–Kier alpha value is -0.830. The summed E-state index contributed by atoms with van der Waals surface area (Å²) >= 11 is 3.88. The second-order valence-corrected chi connectivity index (χ2v) is 2.45. The summed E-state index contributed by atoms with van der Waals surface area (Å²) < 4.78 is 5.03. The highest BCUT2D eigenvalue weighted by atomic mass is 32.1. The van der Waals surface area contributed by atoms with E-state index < -0.39 is 0 Å². The van der Waals surface area contributed by atoms with Gasteiger partial charge >= 0.3 is 0 Å². The van der Waals surface area contributed by atoms with Crippen molar-refractivity contribution in [3.05, 3.63) is 23.8 Å². The van der Waals surface area contributed by atoms with Gasteiger partial charge in [-0.15, -0.1) is 12.6 Å². The zero-order chi connectivity index (χ0) is 8.27. The van der Waals surface area contributed by atoms with Crippen molar-refractivity contribution in [3.8, 4) is 11.5 Å². The van der Waals surface area contributed by atoms with Crippen LogP contribution in [-0.2, 0) is 0 Å². The average molecular weight is 170 g/mol. The van der Waals surface area contributed by atoms with Crippen LogP contribution in [0.4, 0.5) is 0 Å². The Bertz CT molecular complexity index is 248. The highest BCUT2D eigenvalue weighted by Gasteiger charge is 2.02. The molecular formula is C8H10O2S. The fourth-order valence-corrected chi connectivity index (χ4v) is 0.957. The van der Waals surface area contributed by atoms with Crippen molar-refractivity contribution in [2.24, 2.45) is 0 Å². The van der Waals surface area contributed by atoms with Gasteiger partial charge in [-0.2, -0.15) is 0 Å². The number of phenols is 1. The first kappa shape index (κ1) is 8.27. The number of phenolic OH excluding ortho intramolecular Hbond substituents is 1. The lowest BCUT2D eigenvalue weighted by Gasteiger charge is -2.05. The van der Waals surface area contributed by atoms with Crippen LogP contribution in [0.1, 0.15) is 5.56 Å². The molecule has 0 amide bonds. The van der Waals surface area contributed by atoms with E-state index in [-0.39, 0.29) is 11.7 Å². The van der Waals surface area contributed by atoms with Gasteiger partial charge in [0.2, 0.25) is 0 Å². The molecule has 3 heteroatoms. The third-order valence-corrected chi connectivity index (χ3v) is 1.55. The maximum Gasteiger partial charge on any atom is 0.162 e. The normalized spacial score (nSPS) is 9.64. The van der Waals surface area contributed by atoms with Crippen LogP contribution in [0.15, 0.2) is 18.2 Å². The van der Waals surface area contributed by atoms with Crippen LogP contribution in [0, 0.1) is 6.92 Å². The molecule has 0 aromatic heterocycles. The first-order valence-electron chi connectivity index (χ1n) is 3.28. The van der Waals surface area contributed by atoms with Crippen molar-refractivity contribution in [1.29, 1.82) is 0 Å². The molecule has 0 bridgehead atoms. The fourth-order valence-electron chi connectivity index (χ4n) is 0.818. The average Bonchev–Trinajstić information content (AvgIpc) is 1.99. The lowest BCUT2D eigenvalue weighted by Crippen LogP contribution is -1.89. The van der Waals surface area contributed by atoms with Gasteiger partial charge in [-0.1, -0.05) is 12.1 Å². The Morgan fingerprint density at radius 3 is 2.91 bits per heavy atom. The van der Waals surface area contributed by atoms with E-state index >= 15 is 0 Å². The first-order chi connectivity index (χ1) is 5.25. The summed E-state index contributed by atoms with van der Waals surface area (Å²) in [6, 6.07) is 5.35. The number of hydrogen-bond donors (Lipinski definition) is 2. The van der Waals surface area contributed by atoms with E-state index in [1.54, 1.807) is 6.07 Å². The molecule has 0 saturated heterocycles. The van der Waals surface area contributed by atoms with Gasteiger partial charge in [-0.25, -0.2) is 0 Å². The van der Waals surface area contributed by atoms with Crippen LogP contribution in [0.5, 0.6) is 11.5 Å². The lowest BCUT2D eigenvalue weighted by atomic mass is 10.2. The van der Waals surface area contributed by atoms with Gasteiger partial charge in [0, 0.05) is 0 Å². The summed E-state index contributed by atoms with van der Waals surface area (Å²) in [7, 11) is 0. The van der Waals surface area contributed by atoms with Crippen molar-refractivity contribution in [2.75, 3.05) is 5.94 Å². The summed E-state index contributed by atoms with van der Waals surface area (Å²) in [5, 5.41) is 9.37. The fraction of sp³-hybridized carbons (Fsp3) is 0.250. The summed E-state index contributed by atoms with van der Waals surface area (Å²) in [4.78, 5) is 0. The molecule has 0 radical (unpaired) electrons. The number of benzene rings is 1. The molecule has 0 atom stereocenters. The Labute approximate surface area is 71.2 Å². The Morgan fingerprint density at radius 1 is 1.55 bits per heavy atom. The molecule has 0 aliphatic heterocycles. The van der Waals surface area contributed by atoms with Crippen molar-refractivity contribution < 1.29 is 9.84 Å². The Kier molecular flexibility index (Phi) is 2.65. The van der Waals surface area contributed by atoms with E-state index in [2.05, 4.69) is 12.6 Å². The smallest absolute Gasteiger partial charge is 0.162 e. The molecule has 1 aromatic carbocycles. The Morgan fingerprint density at radius 2 is 2.27 bits per heavy atom. The molecular weight excluding hydrogens is 160 g/mol. The summed E-state index contributed by atoms with van der Waals surface area (Å²) in [6.07, 6.45) is 0. The van der Waals surface area contributed by atoms with Crippen molar-refractivity contribution in [2.45, 2.75) is 6.92 Å². The molecule has 11 heavy (non-hydrogen) atoms. The number of aryl methyl sites for hydroxylation is 1. The second-order valence-electron chi connectivity index (χ2n) is 2.20. The highest BCUT2D eigenvalue weighted by molar-refractivity contribution is 7.80. The van der Waals surface area contributed by atoms with Crippen LogP contribution in [0.3, 0.4) is 0 Å². The molecule has 0 spiro atoms. The third-order valence-electron chi connectivity index (χ3n) is 1.42. The van der Waals surface area contributed by atoms with E-state index in [0.717, 1.165) is 5.56 Å². The number of para-hydroxylation sites is 1. The van der Waals surface area contributed by atoms with Gasteiger partial charge in [0.1, 0.15) is 5.94 Å². The van der Waals surface area contributed by atoms with Gasteiger partial charge in [0.05, 0.1) is 0 Å². The standard InChI is InChI=1S/C8H10O2S/c1-6-3-2-4-7(8(6)9)10-5-11/h2-4,9,11H,5H2,1H3. The number of ether oxygens (including phenoxy) is 1. The van der Waals surface area contributed by atoms with Crippen LogP contribution in [0.25, 0.3) is 0 Å². The molecule has 0 unspecified atom stereocenters. The number of rotatable bonds is 2. The van der Waals surface area contributed by atoms with E-state index in [1.807, 2.05) is 19.1 Å². The molecule has 1 aromatic rings. The zero-order valence-electron chi connectivity index (χ0n) is 6.24. The van der Waals surface area contributed by atoms with Crippen LogP contribution in [-0.4, -0.2) is 11.0 Å². The van der Waals surface area contributed by atoms with Crippen LogP contribution >= 0.6 is 12.6 Å². The van der Waals surface area contributed by atoms with E-state index in [9.17, 15) is 5.11 Å². The summed E-state index contributed by atoms with van der Waals surface area (Å²) in [6.45, 7) is 1.82. The number of hydrogen-bond acceptors (Lipinski definition) is 3. The topological polar surface area (TPSA) is 29.5 Å². The van der Waals surface area contributed by atoms with Gasteiger partial charge in [-0.3, -0.25) is 0 Å². The lowest BCUT2D eigenvalue weighted by molar-refractivity contribution is 0.358. The Balaban J connectivity index is 2.96. The molecule has 0 fully saturated rings. The van der Waals surface area contributed by atoms with Crippen LogP contribution < -0.4 is 4.74 Å². The number of thiol groups is 1. The highest BCUT2D eigenvalue weighted by Crippen LogP contribution is 2.28. The minimum absolute atomic E-state index is 0.196.